The Morgan fingerprint density at radius 2 is 2.20 bits per heavy atom. The number of nitrogens with zero attached hydrogens (tertiary/aromatic N) is 1. The molecule has 0 N–H and O–H groups in total. The van der Waals surface area contributed by atoms with Crippen molar-refractivity contribution in [3.63, 3.8) is 0 Å². The minimum Gasteiger partial charge on any atom is -0.459 e. The summed E-state index contributed by atoms with van der Waals surface area (Å²) in [5.41, 5.74) is 0.385. The van der Waals surface area contributed by atoms with E-state index < -0.39 is 11.8 Å². The molecule has 1 aromatic rings. The molecule has 0 radical (unpaired) electrons. The number of hydrogen-bond donors (Lipinski definition) is 0. The highest BCUT2D eigenvalue weighted by Gasteiger charge is 2.01. The zero-order chi connectivity index (χ0) is 11.3. The molecule has 0 saturated carbocycles. The van der Waals surface area contributed by atoms with Gasteiger partial charge in [0.15, 0.2) is 0 Å². The zero-order valence-electron chi connectivity index (χ0n) is 7.87. The van der Waals surface area contributed by atoms with Gasteiger partial charge < -0.3 is 4.74 Å². The fourth-order valence-corrected chi connectivity index (χ4v) is 0.887. The van der Waals surface area contributed by atoms with E-state index in [-0.39, 0.29) is 11.1 Å². The maximum atomic E-state index is 12.8. The fourth-order valence-electron chi connectivity index (χ4n) is 0.887. The lowest BCUT2D eigenvalue weighted by Gasteiger charge is -1.94. The highest BCUT2D eigenvalue weighted by Crippen LogP contribution is 2.08. The van der Waals surface area contributed by atoms with Gasteiger partial charge in [-0.2, -0.15) is 5.26 Å². The van der Waals surface area contributed by atoms with Gasteiger partial charge in [0.1, 0.15) is 11.9 Å². The standard InChI is InChI=1S/C11H6FNO2/c1-15-11(14)5-3-8-6-10(12)4-2-9(8)7-13/h2,4,6H,1H3. The van der Waals surface area contributed by atoms with Crippen LogP contribution >= 0.6 is 0 Å². The van der Waals surface area contributed by atoms with E-state index in [4.69, 9.17) is 5.26 Å². The molecule has 0 amide bonds. The first-order chi connectivity index (χ1) is 7.17. The van der Waals surface area contributed by atoms with Gasteiger partial charge in [0.2, 0.25) is 0 Å². The molecular weight excluding hydrogens is 197 g/mol. The summed E-state index contributed by atoms with van der Waals surface area (Å²) < 4.78 is 17.1. The van der Waals surface area contributed by atoms with Crippen LogP contribution in [0.15, 0.2) is 18.2 Å². The molecule has 0 aliphatic carbocycles. The van der Waals surface area contributed by atoms with Crippen LogP contribution in [-0.4, -0.2) is 13.1 Å². The first kappa shape index (κ1) is 10.7. The third kappa shape index (κ3) is 2.82. The predicted octanol–water partition coefficient (Wildman–Crippen LogP) is 1.22. The van der Waals surface area contributed by atoms with E-state index in [2.05, 4.69) is 16.6 Å². The lowest BCUT2D eigenvalue weighted by Crippen LogP contribution is -1.95. The second kappa shape index (κ2) is 4.78. The normalized spacial score (nSPS) is 8.33. The van der Waals surface area contributed by atoms with Crippen LogP contribution in [0.1, 0.15) is 11.1 Å². The van der Waals surface area contributed by atoms with Crippen molar-refractivity contribution in [3.05, 3.63) is 35.1 Å². The lowest BCUT2D eigenvalue weighted by atomic mass is 10.1. The Morgan fingerprint density at radius 1 is 1.47 bits per heavy atom. The molecule has 0 unspecified atom stereocenters. The number of carbonyl (C=O) groups is 1. The lowest BCUT2D eigenvalue weighted by molar-refractivity contribution is -0.133. The van der Waals surface area contributed by atoms with Crippen molar-refractivity contribution in [1.29, 1.82) is 5.26 Å². The first-order valence-electron chi connectivity index (χ1n) is 3.97. The molecular formula is C11H6FNO2. The van der Waals surface area contributed by atoms with E-state index in [0.717, 1.165) is 12.1 Å². The molecule has 15 heavy (non-hydrogen) atoms. The Balaban J connectivity index is 3.12. The SMILES string of the molecule is COC(=O)C#Cc1cc(F)ccc1C#N. The van der Waals surface area contributed by atoms with Crippen molar-refractivity contribution in [2.75, 3.05) is 7.11 Å². The average molecular weight is 203 g/mol. The van der Waals surface area contributed by atoms with Gasteiger partial charge in [-0.15, -0.1) is 0 Å². The summed E-state index contributed by atoms with van der Waals surface area (Å²) in [5, 5.41) is 8.68. The van der Waals surface area contributed by atoms with Gasteiger partial charge in [-0.3, -0.25) is 0 Å². The highest BCUT2D eigenvalue weighted by molar-refractivity contribution is 5.89. The molecule has 0 aliphatic heterocycles. The Hall–Kier alpha value is -2.33. The van der Waals surface area contributed by atoms with Crippen LogP contribution < -0.4 is 0 Å². The van der Waals surface area contributed by atoms with Crippen LogP contribution in [-0.2, 0) is 9.53 Å². The van der Waals surface area contributed by atoms with Gasteiger partial charge in [-0.05, 0) is 18.2 Å². The third-order valence-corrected chi connectivity index (χ3v) is 1.59. The molecule has 74 valence electrons. The summed E-state index contributed by atoms with van der Waals surface area (Å²) in [4.78, 5) is 10.7. The average Bonchev–Trinajstić information content (AvgIpc) is 2.26. The monoisotopic (exact) mass is 203 g/mol. The summed E-state index contributed by atoms with van der Waals surface area (Å²) in [7, 11) is 1.19. The van der Waals surface area contributed by atoms with Crippen molar-refractivity contribution in [1.82, 2.24) is 0 Å². The Kier molecular flexibility index (Phi) is 3.43. The predicted molar refractivity (Wildman–Crippen MR) is 50.0 cm³/mol. The van der Waals surface area contributed by atoms with E-state index in [1.54, 1.807) is 0 Å². The maximum absolute atomic E-state index is 12.8. The highest BCUT2D eigenvalue weighted by atomic mass is 19.1. The molecule has 3 nitrogen and oxygen atoms in total. The smallest absolute Gasteiger partial charge is 0.384 e. The van der Waals surface area contributed by atoms with Crippen molar-refractivity contribution in [2.24, 2.45) is 0 Å². The first-order valence-corrected chi connectivity index (χ1v) is 3.97. The molecule has 0 heterocycles. The number of halogens is 1. The Bertz CT molecular complexity index is 492. The molecule has 0 aliphatic rings. The van der Waals surface area contributed by atoms with Gasteiger partial charge in [0.05, 0.1) is 12.7 Å². The van der Waals surface area contributed by atoms with Gasteiger partial charge in [0, 0.05) is 11.5 Å². The van der Waals surface area contributed by atoms with Crippen LogP contribution in [0, 0.1) is 29.0 Å². The molecule has 0 saturated heterocycles. The van der Waals surface area contributed by atoms with Gasteiger partial charge in [-0.1, -0.05) is 5.92 Å². The maximum Gasteiger partial charge on any atom is 0.384 e. The second-order valence-corrected chi connectivity index (χ2v) is 2.54. The number of carbonyl (C=O) groups excluding carboxylic acids is 1. The Labute approximate surface area is 86.1 Å². The summed E-state index contributed by atoms with van der Waals surface area (Å²) in [6, 6.07) is 5.39. The summed E-state index contributed by atoms with van der Waals surface area (Å²) >= 11 is 0. The van der Waals surface area contributed by atoms with Crippen LogP contribution in [0.25, 0.3) is 0 Å². The topological polar surface area (TPSA) is 50.1 Å². The van der Waals surface area contributed by atoms with Gasteiger partial charge in [0.25, 0.3) is 0 Å². The molecule has 0 spiro atoms. The van der Waals surface area contributed by atoms with Gasteiger partial charge in [-0.25, -0.2) is 9.18 Å². The zero-order valence-corrected chi connectivity index (χ0v) is 7.87. The van der Waals surface area contributed by atoms with E-state index in [1.807, 2.05) is 6.07 Å². The van der Waals surface area contributed by atoms with Crippen molar-refractivity contribution < 1.29 is 13.9 Å². The molecule has 1 aromatic carbocycles. The molecule has 0 atom stereocenters. The summed E-state index contributed by atoms with van der Waals surface area (Å²) in [6.45, 7) is 0. The van der Waals surface area contributed by atoms with E-state index in [0.29, 0.717) is 0 Å². The summed E-state index contributed by atoms with van der Waals surface area (Å²) in [5.74, 6) is 3.25. The number of hydrogen-bond acceptors (Lipinski definition) is 3. The van der Waals surface area contributed by atoms with Crippen molar-refractivity contribution >= 4 is 5.97 Å². The minimum absolute atomic E-state index is 0.169. The van der Waals surface area contributed by atoms with E-state index in [1.165, 1.54) is 13.2 Å². The number of rotatable bonds is 0. The number of methoxy groups -OCH3 is 1. The van der Waals surface area contributed by atoms with Crippen LogP contribution in [0.3, 0.4) is 0 Å². The largest absolute Gasteiger partial charge is 0.459 e. The van der Waals surface area contributed by atoms with Crippen LogP contribution in [0.2, 0.25) is 0 Å². The van der Waals surface area contributed by atoms with Gasteiger partial charge >= 0.3 is 5.97 Å². The number of esters is 1. The molecule has 1 rings (SSSR count). The van der Waals surface area contributed by atoms with Crippen LogP contribution in [0.5, 0.6) is 0 Å². The number of nitriles is 1. The van der Waals surface area contributed by atoms with E-state index in [9.17, 15) is 9.18 Å². The fraction of sp³-hybridized carbons (Fsp3) is 0.0909. The number of benzene rings is 1. The second-order valence-electron chi connectivity index (χ2n) is 2.54. The third-order valence-electron chi connectivity index (χ3n) is 1.59. The molecule has 0 fully saturated rings. The molecule has 0 aromatic heterocycles. The van der Waals surface area contributed by atoms with Crippen LogP contribution in [0.4, 0.5) is 4.39 Å². The quantitative estimate of drug-likeness (QED) is 0.470. The van der Waals surface area contributed by atoms with Crippen molar-refractivity contribution in [3.8, 4) is 17.9 Å². The number of ether oxygens (including phenoxy) is 1. The molecule has 0 bridgehead atoms. The molecule has 4 heteroatoms. The van der Waals surface area contributed by atoms with E-state index >= 15 is 0 Å². The summed E-state index contributed by atoms with van der Waals surface area (Å²) in [6.07, 6.45) is 0. The van der Waals surface area contributed by atoms with Crippen molar-refractivity contribution in [2.45, 2.75) is 0 Å². The minimum atomic E-state index is -0.733. The Morgan fingerprint density at radius 3 is 2.80 bits per heavy atom.